The van der Waals surface area contributed by atoms with Crippen LogP contribution in [0, 0.1) is 6.92 Å². The van der Waals surface area contributed by atoms with Crippen LogP contribution in [0.1, 0.15) is 25.8 Å². The quantitative estimate of drug-likeness (QED) is 0.674. The van der Waals surface area contributed by atoms with Crippen LogP contribution in [0.15, 0.2) is 47.4 Å². The molecule has 0 bridgehead atoms. The Balaban J connectivity index is 2.48. The van der Waals surface area contributed by atoms with Gasteiger partial charge in [0.25, 0.3) is 10.0 Å². The number of nitrogens with zero attached hydrogens (tertiary/aromatic N) is 1. The van der Waals surface area contributed by atoms with E-state index in [0.29, 0.717) is 17.2 Å². The molecule has 2 rings (SSSR count). The molecule has 0 unspecified atom stereocenters. The standard InChI is InChI=1S/C21H28N2O5S/c1-6-16(3)22-21(24)14-23(17-9-7-15(2)8-10-17)29(25,26)18-11-12-19(27-4)20(13-18)28-5/h7-13,16H,6,14H2,1-5H3,(H,22,24)/t16-/m0/s1. The number of carbonyl (C=O) groups is 1. The third-order valence-corrected chi connectivity index (χ3v) is 6.34. The SMILES string of the molecule is CC[C@H](C)NC(=O)CN(c1ccc(C)cc1)S(=O)(=O)c1ccc(OC)c(OC)c1. The van der Waals surface area contributed by atoms with Crippen molar-refractivity contribution in [2.75, 3.05) is 25.1 Å². The summed E-state index contributed by atoms with van der Waals surface area (Å²) in [4.78, 5) is 12.5. The van der Waals surface area contributed by atoms with Crippen molar-refractivity contribution < 1.29 is 22.7 Å². The predicted molar refractivity (Wildman–Crippen MR) is 113 cm³/mol. The fourth-order valence-electron chi connectivity index (χ4n) is 2.68. The minimum atomic E-state index is -4.03. The van der Waals surface area contributed by atoms with Crippen molar-refractivity contribution in [3.63, 3.8) is 0 Å². The summed E-state index contributed by atoms with van der Waals surface area (Å²) < 4.78 is 38.4. The summed E-state index contributed by atoms with van der Waals surface area (Å²) in [5.74, 6) is 0.341. The van der Waals surface area contributed by atoms with Crippen molar-refractivity contribution >= 4 is 21.6 Å². The molecular weight excluding hydrogens is 392 g/mol. The van der Waals surface area contributed by atoms with Gasteiger partial charge in [0, 0.05) is 12.1 Å². The summed E-state index contributed by atoms with van der Waals surface area (Å²) in [7, 11) is -1.11. The van der Waals surface area contributed by atoms with Gasteiger partial charge in [-0.1, -0.05) is 24.6 Å². The Bertz CT molecular complexity index is 942. The van der Waals surface area contributed by atoms with Gasteiger partial charge in [0.15, 0.2) is 11.5 Å². The number of sulfonamides is 1. The number of nitrogens with one attached hydrogen (secondary N) is 1. The van der Waals surface area contributed by atoms with Crippen LogP contribution in [-0.4, -0.2) is 41.1 Å². The van der Waals surface area contributed by atoms with Gasteiger partial charge in [-0.3, -0.25) is 9.10 Å². The zero-order chi connectivity index (χ0) is 21.6. The largest absolute Gasteiger partial charge is 0.493 e. The third kappa shape index (κ3) is 5.41. The number of anilines is 1. The predicted octanol–water partition coefficient (Wildman–Crippen LogP) is 3.12. The van der Waals surface area contributed by atoms with Crippen LogP contribution < -0.4 is 19.1 Å². The Morgan fingerprint density at radius 2 is 1.69 bits per heavy atom. The number of hydrogen-bond acceptors (Lipinski definition) is 5. The van der Waals surface area contributed by atoms with Crippen LogP contribution in [-0.2, 0) is 14.8 Å². The number of aryl methyl sites for hydroxylation is 1. The van der Waals surface area contributed by atoms with E-state index >= 15 is 0 Å². The highest BCUT2D eigenvalue weighted by molar-refractivity contribution is 7.92. The summed E-state index contributed by atoms with van der Waals surface area (Å²) in [6.45, 7) is 5.40. The summed E-state index contributed by atoms with van der Waals surface area (Å²) in [5.41, 5.74) is 1.39. The molecule has 158 valence electrons. The van der Waals surface area contributed by atoms with Gasteiger partial charge in [-0.2, -0.15) is 0 Å². The molecule has 0 heterocycles. The van der Waals surface area contributed by atoms with E-state index in [1.807, 2.05) is 20.8 Å². The maximum atomic E-state index is 13.4. The molecule has 0 spiro atoms. The number of rotatable bonds is 9. The Morgan fingerprint density at radius 3 is 2.24 bits per heavy atom. The highest BCUT2D eigenvalue weighted by atomic mass is 32.2. The van der Waals surface area contributed by atoms with Gasteiger partial charge < -0.3 is 14.8 Å². The molecule has 29 heavy (non-hydrogen) atoms. The summed E-state index contributed by atoms with van der Waals surface area (Å²) >= 11 is 0. The number of methoxy groups -OCH3 is 2. The van der Waals surface area contributed by atoms with Gasteiger partial charge in [0.05, 0.1) is 24.8 Å². The first kappa shape index (κ1) is 22.5. The molecule has 8 heteroatoms. The lowest BCUT2D eigenvalue weighted by atomic mass is 10.2. The normalized spacial score (nSPS) is 12.2. The monoisotopic (exact) mass is 420 g/mol. The molecule has 0 aromatic heterocycles. The second kappa shape index (κ2) is 9.65. The zero-order valence-corrected chi connectivity index (χ0v) is 18.2. The molecule has 0 fully saturated rings. The van der Waals surface area contributed by atoms with Crippen molar-refractivity contribution in [3.8, 4) is 11.5 Å². The van der Waals surface area contributed by atoms with Crippen LogP contribution in [0.5, 0.6) is 11.5 Å². The fraction of sp³-hybridized carbons (Fsp3) is 0.381. The molecule has 0 aliphatic carbocycles. The van der Waals surface area contributed by atoms with Crippen LogP contribution in [0.4, 0.5) is 5.69 Å². The molecule has 0 aliphatic heterocycles. The molecule has 7 nitrogen and oxygen atoms in total. The highest BCUT2D eigenvalue weighted by Crippen LogP contribution is 2.32. The Morgan fingerprint density at radius 1 is 1.07 bits per heavy atom. The van der Waals surface area contributed by atoms with Crippen molar-refractivity contribution in [2.45, 2.75) is 38.1 Å². The van der Waals surface area contributed by atoms with Gasteiger partial charge in [-0.05, 0) is 44.5 Å². The number of amides is 1. The van der Waals surface area contributed by atoms with E-state index in [1.54, 1.807) is 24.3 Å². The van der Waals surface area contributed by atoms with Crippen LogP contribution in [0.25, 0.3) is 0 Å². The molecule has 2 aromatic carbocycles. The van der Waals surface area contributed by atoms with Gasteiger partial charge in [0.2, 0.25) is 5.91 Å². The Labute approximate surface area is 172 Å². The minimum absolute atomic E-state index is 0.00654. The van der Waals surface area contributed by atoms with Gasteiger partial charge in [-0.15, -0.1) is 0 Å². The van der Waals surface area contributed by atoms with Crippen molar-refractivity contribution in [2.24, 2.45) is 0 Å². The molecular formula is C21H28N2O5S. The lowest BCUT2D eigenvalue weighted by molar-refractivity contribution is -0.120. The summed E-state index contributed by atoms with van der Waals surface area (Å²) in [6.07, 6.45) is 0.749. The number of benzene rings is 2. The van der Waals surface area contributed by atoms with Crippen molar-refractivity contribution in [3.05, 3.63) is 48.0 Å². The van der Waals surface area contributed by atoms with E-state index in [4.69, 9.17) is 9.47 Å². The summed E-state index contributed by atoms with van der Waals surface area (Å²) in [6, 6.07) is 11.3. The molecule has 1 N–H and O–H groups in total. The number of ether oxygens (including phenoxy) is 2. The van der Waals surface area contributed by atoms with Crippen LogP contribution >= 0.6 is 0 Å². The maximum absolute atomic E-state index is 13.4. The first-order chi connectivity index (χ1) is 13.7. The Hall–Kier alpha value is -2.74. The van der Waals surface area contributed by atoms with Crippen LogP contribution in [0.2, 0.25) is 0 Å². The number of carbonyl (C=O) groups excluding carboxylic acids is 1. The van der Waals surface area contributed by atoms with E-state index in [2.05, 4.69) is 5.32 Å². The minimum Gasteiger partial charge on any atom is -0.493 e. The first-order valence-corrected chi connectivity index (χ1v) is 10.8. The van der Waals surface area contributed by atoms with E-state index in [0.717, 1.165) is 16.3 Å². The van der Waals surface area contributed by atoms with E-state index in [1.165, 1.54) is 32.4 Å². The first-order valence-electron chi connectivity index (χ1n) is 9.33. The molecule has 1 atom stereocenters. The summed E-state index contributed by atoms with van der Waals surface area (Å²) in [5, 5.41) is 2.82. The molecule has 0 radical (unpaired) electrons. The van der Waals surface area contributed by atoms with Gasteiger partial charge in [0.1, 0.15) is 6.54 Å². The second-order valence-electron chi connectivity index (χ2n) is 6.74. The molecule has 0 aliphatic rings. The maximum Gasteiger partial charge on any atom is 0.264 e. The highest BCUT2D eigenvalue weighted by Gasteiger charge is 2.28. The molecule has 0 saturated carbocycles. The zero-order valence-electron chi connectivity index (χ0n) is 17.4. The van der Waals surface area contributed by atoms with E-state index in [9.17, 15) is 13.2 Å². The fourth-order valence-corrected chi connectivity index (χ4v) is 4.12. The van der Waals surface area contributed by atoms with Gasteiger partial charge >= 0.3 is 0 Å². The molecule has 2 aromatic rings. The van der Waals surface area contributed by atoms with Crippen molar-refractivity contribution in [1.82, 2.24) is 5.32 Å². The van der Waals surface area contributed by atoms with Crippen LogP contribution in [0.3, 0.4) is 0 Å². The van der Waals surface area contributed by atoms with Gasteiger partial charge in [-0.25, -0.2) is 8.42 Å². The number of hydrogen-bond donors (Lipinski definition) is 1. The van der Waals surface area contributed by atoms with Crippen molar-refractivity contribution in [1.29, 1.82) is 0 Å². The molecule has 0 saturated heterocycles. The third-order valence-electron chi connectivity index (χ3n) is 4.57. The van der Waals surface area contributed by atoms with E-state index in [-0.39, 0.29) is 23.4 Å². The average Bonchev–Trinajstić information content (AvgIpc) is 2.71. The Kier molecular flexibility index (Phi) is 7.50. The second-order valence-corrected chi connectivity index (χ2v) is 8.60. The average molecular weight is 421 g/mol. The lowest BCUT2D eigenvalue weighted by Crippen LogP contribution is -2.43. The smallest absolute Gasteiger partial charge is 0.264 e. The van der Waals surface area contributed by atoms with E-state index < -0.39 is 10.0 Å². The lowest BCUT2D eigenvalue weighted by Gasteiger charge is -2.25. The molecule has 1 amide bonds. The topological polar surface area (TPSA) is 84.9 Å².